The van der Waals surface area contributed by atoms with Gasteiger partial charge in [0.1, 0.15) is 0 Å². The van der Waals surface area contributed by atoms with Crippen molar-refractivity contribution in [1.82, 2.24) is 5.32 Å². The van der Waals surface area contributed by atoms with Crippen LogP contribution >= 0.6 is 0 Å². The third-order valence-electron chi connectivity index (χ3n) is 4.46. The molecule has 152 valence electrons. The van der Waals surface area contributed by atoms with Crippen molar-refractivity contribution in [3.05, 3.63) is 112 Å². The summed E-state index contributed by atoms with van der Waals surface area (Å²) in [7, 11) is 0. The van der Waals surface area contributed by atoms with E-state index < -0.39 is 29.4 Å². The Balaban J connectivity index is 1.62. The van der Waals surface area contributed by atoms with E-state index in [4.69, 9.17) is 4.74 Å². The molecule has 3 rings (SSSR count). The first-order valence-electron chi connectivity index (χ1n) is 9.32. The quantitative estimate of drug-likeness (QED) is 0.351. The lowest BCUT2D eigenvalue weighted by atomic mass is 9.99. The number of nitrogens with zero attached hydrogens (tertiary/aromatic N) is 1. The van der Waals surface area contributed by atoms with Gasteiger partial charge in [-0.3, -0.25) is 19.7 Å². The molecule has 0 spiro atoms. The Labute approximate surface area is 173 Å². The van der Waals surface area contributed by atoms with Crippen LogP contribution in [0.2, 0.25) is 0 Å². The Morgan fingerprint density at radius 2 is 1.40 bits per heavy atom. The highest BCUT2D eigenvalue weighted by atomic mass is 16.6. The molecule has 0 saturated heterocycles. The topological polar surface area (TPSA) is 98.5 Å². The lowest BCUT2D eigenvalue weighted by molar-refractivity contribution is -0.385. The number of nitro groups is 1. The number of hydrogen-bond acceptors (Lipinski definition) is 5. The molecule has 7 heteroatoms. The minimum atomic E-state index is -0.713. The zero-order valence-electron chi connectivity index (χ0n) is 16.1. The Morgan fingerprint density at radius 1 is 0.867 bits per heavy atom. The van der Waals surface area contributed by atoms with Gasteiger partial charge in [0.05, 0.1) is 17.4 Å². The number of rotatable bonds is 8. The predicted molar refractivity (Wildman–Crippen MR) is 111 cm³/mol. The van der Waals surface area contributed by atoms with E-state index >= 15 is 0 Å². The van der Waals surface area contributed by atoms with Crippen LogP contribution in [-0.4, -0.2) is 23.4 Å². The van der Waals surface area contributed by atoms with Gasteiger partial charge in [-0.1, -0.05) is 78.9 Å². The second kappa shape index (κ2) is 9.97. The molecule has 0 bridgehead atoms. The molecule has 0 saturated carbocycles. The second-order valence-corrected chi connectivity index (χ2v) is 6.55. The zero-order chi connectivity index (χ0) is 21.3. The average Bonchev–Trinajstić information content (AvgIpc) is 2.77. The van der Waals surface area contributed by atoms with Crippen LogP contribution in [0.25, 0.3) is 0 Å². The summed E-state index contributed by atoms with van der Waals surface area (Å²) in [5, 5.41) is 13.9. The fourth-order valence-corrected chi connectivity index (χ4v) is 3.04. The molecule has 0 heterocycles. The molecule has 1 amide bonds. The number of esters is 1. The van der Waals surface area contributed by atoms with E-state index in [2.05, 4.69) is 5.32 Å². The number of carbonyl (C=O) groups is 2. The van der Waals surface area contributed by atoms with E-state index in [1.165, 1.54) is 18.2 Å². The van der Waals surface area contributed by atoms with Crippen LogP contribution < -0.4 is 5.32 Å². The molecule has 1 N–H and O–H groups in total. The summed E-state index contributed by atoms with van der Waals surface area (Å²) in [5.74, 6) is -1.18. The van der Waals surface area contributed by atoms with Crippen LogP contribution in [0, 0.1) is 10.1 Å². The molecule has 0 aromatic heterocycles. The van der Waals surface area contributed by atoms with Gasteiger partial charge in [-0.05, 0) is 11.1 Å². The molecule has 0 fully saturated rings. The number of ether oxygens (including phenoxy) is 1. The number of carbonyl (C=O) groups excluding carboxylic acids is 2. The number of amides is 1. The van der Waals surface area contributed by atoms with Crippen molar-refractivity contribution in [2.75, 3.05) is 6.61 Å². The van der Waals surface area contributed by atoms with Gasteiger partial charge >= 0.3 is 5.97 Å². The molecular weight excluding hydrogens is 384 g/mol. The highest BCUT2D eigenvalue weighted by molar-refractivity contribution is 5.82. The van der Waals surface area contributed by atoms with Gasteiger partial charge in [-0.25, -0.2) is 0 Å². The van der Waals surface area contributed by atoms with E-state index in [-0.39, 0.29) is 17.7 Å². The van der Waals surface area contributed by atoms with Crippen molar-refractivity contribution < 1.29 is 19.2 Å². The van der Waals surface area contributed by atoms with Gasteiger partial charge in [0.25, 0.3) is 11.6 Å². The molecule has 30 heavy (non-hydrogen) atoms. The van der Waals surface area contributed by atoms with E-state index in [1.54, 1.807) is 6.07 Å². The number of hydrogen-bond donors (Lipinski definition) is 1. The third kappa shape index (κ3) is 5.51. The highest BCUT2D eigenvalue weighted by Crippen LogP contribution is 2.22. The third-order valence-corrected chi connectivity index (χ3v) is 4.46. The lowest BCUT2D eigenvalue weighted by Gasteiger charge is -2.20. The minimum absolute atomic E-state index is 0.160. The Hall–Kier alpha value is -4.00. The summed E-state index contributed by atoms with van der Waals surface area (Å²) in [6, 6.07) is 24.4. The molecule has 0 unspecified atom stereocenters. The van der Waals surface area contributed by atoms with E-state index in [0.717, 1.165) is 11.1 Å². The molecule has 3 aromatic carbocycles. The normalized spacial score (nSPS) is 10.4. The fraction of sp³-hybridized carbons (Fsp3) is 0.130. The van der Waals surface area contributed by atoms with Crippen LogP contribution in [0.5, 0.6) is 0 Å². The first-order chi connectivity index (χ1) is 14.5. The molecule has 0 radical (unpaired) electrons. The van der Waals surface area contributed by atoms with E-state index in [0.29, 0.717) is 0 Å². The summed E-state index contributed by atoms with van der Waals surface area (Å²) in [4.78, 5) is 35.0. The van der Waals surface area contributed by atoms with Gasteiger partial charge < -0.3 is 10.1 Å². The van der Waals surface area contributed by atoms with Crippen molar-refractivity contribution in [2.45, 2.75) is 12.5 Å². The van der Waals surface area contributed by atoms with Crippen LogP contribution in [0.4, 0.5) is 5.69 Å². The predicted octanol–water partition coefficient (Wildman–Crippen LogP) is 3.59. The maximum atomic E-state index is 12.4. The highest BCUT2D eigenvalue weighted by Gasteiger charge is 2.19. The smallest absolute Gasteiger partial charge is 0.311 e. The minimum Gasteiger partial charge on any atom is -0.455 e. The van der Waals surface area contributed by atoms with Crippen molar-refractivity contribution >= 4 is 17.6 Å². The van der Waals surface area contributed by atoms with Gasteiger partial charge in [0, 0.05) is 11.6 Å². The van der Waals surface area contributed by atoms with Crippen molar-refractivity contribution in [2.24, 2.45) is 0 Å². The van der Waals surface area contributed by atoms with Crippen LogP contribution in [-0.2, 0) is 20.7 Å². The van der Waals surface area contributed by atoms with Crippen molar-refractivity contribution in [3.63, 3.8) is 0 Å². The van der Waals surface area contributed by atoms with E-state index in [9.17, 15) is 19.7 Å². The van der Waals surface area contributed by atoms with Gasteiger partial charge in [-0.2, -0.15) is 0 Å². The van der Waals surface area contributed by atoms with Crippen LogP contribution in [0.15, 0.2) is 84.9 Å². The zero-order valence-corrected chi connectivity index (χ0v) is 16.1. The first kappa shape index (κ1) is 20.7. The molecule has 0 atom stereocenters. The molecule has 0 aliphatic rings. The Bertz CT molecular complexity index is 983. The monoisotopic (exact) mass is 404 g/mol. The summed E-state index contributed by atoms with van der Waals surface area (Å²) in [6.07, 6.45) is -0.286. The molecule has 0 aliphatic heterocycles. The number of benzene rings is 3. The summed E-state index contributed by atoms with van der Waals surface area (Å²) in [5.41, 5.74) is 1.86. The van der Waals surface area contributed by atoms with E-state index in [1.807, 2.05) is 60.7 Å². The standard InChI is InChI=1S/C23H20N2O5/c26-21(16-30-22(27)15-19-13-7-8-14-20(19)25(28)29)24-23(17-9-3-1-4-10-17)18-11-5-2-6-12-18/h1-14,23H,15-16H2,(H,24,26). The summed E-state index contributed by atoms with van der Waals surface area (Å²) in [6.45, 7) is -0.477. The number of nitrogens with one attached hydrogen (secondary N) is 1. The number of nitro benzene ring substituents is 1. The Kier molecular flexibility index (Phi) is 6.89. The maximum Gasteiger partial charge on any atom is 0.311 e. The maximum absolute atomic E-state index is 12.4. The number of para-hydroxylation sites is 1. The SMILES string of the molecule is O=C(COC(=O)Cc1ccccc1[N+](=O)[O-])NC(c1ccccc1)c1ccccc1. The van der Waals surface area contributed by atoms with Crippen LogP contribution in [0.3, 0.4) is 0 Å². The molecular formula is C23H20N2O5. The van der Waals surface area contributed by atoms with Gasteiger partial charge in [0.2, 0.25) is 0 Å². The molecule has 3 aromatic rings. The van der Waals surface area contributed by atoms with Crippen LogP contribution in [0.1, 0.15) is 22.7 Å². The van der Waals surface area contributed by atoms with Crippen molar-refractivity contribution in [1.29, 1.82) is 0 Å². The average molecular weight is 404 g/mol. The van der Waals surface area contributed by atoms with Gasteiger partial charge in [0.15, 0.2) is 6.61 Å². The fourth-order valence-electron chi connectivity index (χ4n) is 3.04. The summed E-state index contributed by atoms with van der Waals surface area (Å²) < 4.78 is 5.04. The Morgan fingerprint density at radius 3 is 1.97 bits per heavy atom. The van der Waals surface area contributed by atoms with Gasteiger partial charge in [-0.15, -0.1) is 0 Å². The summed E-state index contributed by atoms with van der Waals surface area (Å²) >= 11 is 0. The van der Waals surface area contributed by atoms with Crippen molar-refractivity contribution in [3.8, 4) is 0 Å². The first-order valence-corrected chi connectivity index (χ1v) is 9.32. The molecule has 0 aliphatic carbocycles. The molecule has 7 nitrogen and oxygen atoms in total. The second-order valence-electron chi connectivity index (χ2n) is 6.55. The largest absolute Gasteiger partial charge is 0.455 e. The lowest BCUT2D eigenvalue weighted by Crippen LogP contribution is -2.33.